The molecule has 0 aliphatic carbocycles. The summed E-state index contributed by atoms with van der Waals surface area (Å²) in [6.07, 6.45) is 0. The van der Waals surface area contributed by atoms with E-state index in [2.05, 4.69) is 4.98 Å². The van der Waals surface area contributed by atoms with Crippen molar-refractivity contribution >= 4 is 28.1 Å². The van der Waals surface area contributed by atoms with Crippen LogP contribution in [0.5, 0.6) is 0 Å². The van der Waals surface area contributed by atoms with Crippen LogP contribution in [-0.2, 0) is 4.74 Å². The van der Waals surface area contributed by atoms with Gasteiger partial charge in [0.15, 0.2) is 10.8 Å². The van der Waals surface area contributed by atoms with Crippen LogP contribution in [0.4, 0.5) is 15.2 Å². The number of ether oxygens (including phenoxy) is 1. The van der Waals surface area contributed by atoms with E-state index in [9.17, 15) is 9.18 Å². The molecule has 0 fully saturated rings. The maximum Gasteiger partial charge on any atom is 0.357 e. The Kier molecular flexibility index (Phi) is 4.68. The molecule has 2 aromatic rings. The fourth-order valence-corrected chi connectivity index (χ4v) is 2.64. The predicted molar refractivity (Wildman–Crippen MR) is 77.2 cm³/mol. The van der Waals surface area contributed by atoms with Gasteiger partial charge in [-0.3, -0.25) is 0 Å². The molecule has 106 valence electrons. The van der Waals surface area contributed by atoms with E-state index in [0.29, 0.717) is 24.0 Å². The lowest BCUT2D eigenvalue weighted by atomic mass is 10.3. The number of thiazole rings is 1. The highest BCUT2D eigenvalue weighted by atomic mass is 32.1. The van der Waals surface area contributed by atoms with Gasteiger partial charge in [-0.05, 0) is 26.0 Å². The smallest absolute Gasteiger partial charge is 0.357 e. The van der Waals surface area contributed by atoms with Crippen molar-refractivity contribution in [1.29, 1.82) is 0 Å². The molecule has 6 heteroatoms. The Morgan fingerprint density at radius 1 is 1.40 bits per heavy atom. The molecule has 0 aliphatic heterocycles. The fraction of sp³-hybridized carbons (Fsp3) is 0.286. The average Bonchev–Trinajstić information content (AvgIpc) is 2.92. The first-order chi connectivity index (χ1) is 9.67. The molecule has 0 bridgehead atoms. The minimum absolute atomic E-state index is 0.252. The Morgan fingerprint density at radius 3 is 2.80 bits per heavy atom. The lowest BCUT2D eigenvalue weighted by Gasteiger charge is -2.20. The second kappa shape index (κ2) is 6.47. The number of nitrogens with zero attached hydrogens (tertiary/aromatic N) is 2. The van der Waals surface area contributed by atoms with Crippen molar-refractivity contribution in [1.82, 2.24) is 4.98 Å². The maximum atomic E-state index is 13.8. The molecular formula is C14H15FN2O2S. The highest BCUT2D eigenvalue weighted by molar-refractivity contribution is 7.14. The first-order valence-electron chi connectivity index (χ1n) is 6.32. The first-order valence-corrected chi connectivity index (χ1v) is 7.20. The predicted octanol–water partition coefficient (Wildman–Crippen LogP) is 3.62. The van der Waals surface area contributed by atoms with Crippen molar-refractivity contribution in [2.75, 3.05) is 18.1 Å². The van der Waals surface area contributed by atoms with Gasteiger partial charge in [0.05, 0.1) is 12.3 Å². The zero-order chi connectivity index (χ0) is 14.5. The van der Waals surface area contributed by atoms with E-state index in [1.165, 1.54) is 17.4 Å². The number of anilines is 2. The molecule has 1 heterocycles. The molecular weight excluding hydrogens is 279 g/mol. The number of hydrogen-bond acceptors (Lipinski definition) is 5. The zero-order valence-electron chi connectivity index (χ0n) is 11.3. The highest BCUT2D eigenvalue weighted by Gasteiger charge is 2.18. The van der Waals surface area contributed by atoms with Gasteiger partial charge in [-0.1, -0.05) is 12.1 Å². The van der Waals surface area contributed by atoms with Crippen LogP contribution in [0.25, 0.3) is 0 Å². The molecule has 1 aromatic carbocycles. The Hall–Kier alpha value is -1.95. The van der Waals surface area contributed by atoms with Crippen molar-refractivity contribution in [2.24, 2.45) is 0 Å². The number of carbonyl (C=O) groups is 1. The van der Waals surface area contributed by atoms with Crippen LogP contribution in [0.2, 0.25) is 0 Å². The van der Waals surface area contributed by atoms with Gasteiger partial charge in [0.25, 0.3) is 0 Å². The van der Waals surface area contributed by atoms with E-state index < -0.39 is 5.97 Å². The lowest BCUT2D eigenvalue weighted by Crippen LogP contribution is -2.17. The number of para-hydroxylation sites is 1. The van der Waals surface area contributed by atoms with E-state index >= 15 is 0 Å². The van der Waals surface area contributed by atoms with Gasteiger partial charge >= 0.3 is 5.97 Å². The number of carbonyl (C=O) groups excluding carboxylic acids is 1. The maximum absolute atomic E-state index is 13.8. The first kappa shape index (κ1) is 14.5. The summed E-state index contributed by atoms with van der Waals surface area (Å²) >= 11 is 1.29. The van der Waals surface area contributed by atoms with E-state index in [1.807, 2.05) is 6.92 Å². The third-order valence-corrected chi connectivity index (χ3v) is 3.53. The van der Waals surface area contributed by atoms with E-state index in [0.717, 1.165) is 0 Å². The van der Waals surface area contributed by atoms with Gasteiger partial charge < -0.3 is 9.64 Å². The topological polar surface area (TPSA) is 42.4 Å². The summed E-state index contributed by atoms with van der Waals surface area (Å²) < 4.78 is 18.7. The molecule has 0 atom stereocenters. The van der Waals surface area contributed by atoms with Crippen LogP contribution in [0.1, 0.15) is 24.3 Å². The molecule has 0 N–H and O–H groups in total. The molecule has 0 saturated heterocycles. The number of esters is 1. The van der Waals surface area contributed by atoms with Crippen LogP contribution in [-0.4, -0.2) is 24.1 Å². The average molecular weight is 294 g/mol. The van der Waals surface area contributed by atoms with Crippen LogP contribution < -0.4 is 4.90 Å². The third kappa shape index (κ3) is 2.96. The Balaban J connectivity index is 2.29. The lowest BCUT2D eigenvalue weighted by molar-refractivity contribution is 0.0520. The summed E-state index contributed by atoms with van der Waals surface area (Å²) in [6.45, 7) is 4.49. The summed E-state index contributed by atoms with van der Waals surface area (Å²) in [5, 5.41) is 2.19. The molecule has 0 saturated carbocycles. The SMILES string of the molecule is CCOC(=O)c1csc(N(CC)c2ccccc2F)n1. The number of hydrogen-bond donors (Lipinski definition) is 0. The largest absolute Gasteiger partial charge is 0.461 e. The molecule has 4 nitrogen and oxygen atoms in total. The molecule has 0 spiro atoms. The van der Waals surface area contributed by atoms with Crippen LogP contribution in [0.3, 0.4) is 0 Å². The number of benzene rings is 1. The van der Waals surface area contributed by atoms with Crippen LogP contribution >= 0.6 is 11.3 Å². The minimum atomic E-state index is -0.459. The van der Waals surface area contributed by atoms with Crippen LogP contribution in [0, 0.1) is 5.82 Å². The normalized spacial score (nSPS) is 10.3. The molecule has 20 heavy (non-hydrogen) atoms. The molecule has 0 unspecified atom stereocenters. The Bertz CT molecular complexity index is 600. The Labute approximate surface area is 120 Å². The van der Waals surface area contributed by atoms with Crippen molar-refractivity contribution in [2.45, 2.75) is 13.8 Å². The highest BCUT2D eigenvalue weighted by Crippen LogP contribution is 2.30. The molecule has 1 aromatic heterocycles. The van der Waals surface area contributed by atoms with Crippen LogP contribution in [0.15, 0.2) is 29.6 Å². The van der Waals surface area contributed by atoms with E-state index in [1.54, 1.807) is 35.4 Å². The summed E-state index contributed by atoms with van der Waals surface area (Å²) in [6, 6.07) is 6.49. The zero-order valence-corrected chi connectivity index (χ0v) is 12.1. The van der Waals surface area contributed by atoms with E-state index in [-0.39, 0.29) is 11.5 Å². The number of rotatable bonds is 5. The summed E-state index contributed by atoms with van der Waals surface area (Å²) in [5.74, 6) is -0.776. The van der Waals surface area contributed by atoms with Crippen molar-refractivity contribution in [3.05, 3.63) is 41.2 Å². The number of halogens is 1. The Morgan fingerprint density at radius 2 is 2.15 bits per heavy atom. The molecule has 2 rings (SSSR count). The summed E-state index contributed by atoms with van der Waals surface area (Å²) in [7, 11) is 0. The second-order valence-corrected chi connectivity index (χ2v) is 4.77. The van der Waals surface area contributed by atoms with Crippen molar-refractivity contribution < 1.29 is 13.9 Å². The van der Waals surface area contributed by atoms with Gasteiger partial charge in [0.1, 0.15) is 5.82 Å². The number of aromatic nitrogens is 1. The second-order valence-electron chi connectivity index (χ2n) is 3.93. The molecule has 0 aliphatic rings. The van der Waals surface area contributed by atoms with E-state index in [4.69, 9.17) is 4.74 Å². The van der Waals surface area contributed by atoms with Gasteiger partial charge in [-0.15, -0.1) is 11.3 Å². The standard InChI is InChI=1S/C14H15FN2O2S/c1-3-17(12-8-6-5-7-10(12)15)14-16-11(9-20-14)13(18)19-4-2/h5-9H,3-4H2,1-2H3. The summed E-state index contributed by atoms with van der Waals surface area (Å²) in [4.78, 5) is 17.5. The van der Waals surface area contributed by atoms with Gasteiger partial charge in [0, 0.05) is 11.9 Å². The van der Waals surface area contributed by atoms with Crippen molar-refractivity contribution in [3.8, 4) is 0 Å². The molecule has 0 amide bonds. The third-order valence-electron chi connectivity index (χ3n) is 2.67. The monoisotopic (exact) mass is 294 g/mol. The van der Waals surface area contributed by atoms with Gasteiger partial charge in [-0.25, -0.2) is 14.2 Å². The van der Waals surface area contributed by atoms with Crippen molar-refractivity contribution in [3.63, 3.8) is 0 Å². The fourth-order valence-electron chi connectivity index (χ4n) is 1.77. The quantitative estimate of drug-likeness (QED) is 0.790. The van der Waals surface area contributed by atoms with Gasteiger partial charge in [-0.2, -0.15) is 0 Å². The minimum Gasteiger partial charge on any atom is -0.461 e. The van der Waals surface area contributed by atoms with Gasteiger partial charge in [0.2, 0.25) is 0 Å². The molecule has 0 radical (unpaired) electrons. The summed E-state index contributed by atoms with van der Waals surface area (Å²) in [5.41, 5.74) is 0.696.